The molecule has 2 aliphatic heterocycles. The van der Waals surface area contributed by atoms with E-state index in [4.69, 9.17) is 27.9 Å². The summed E-state index contributed by atoms with van der Waals surface area (Å²) in [4.78, 5) is 30.1. The lowest BCUT2D eigenvalue weighted by molar-refractivity contribution is -0.138. The number of hydrogen-bond donors (Lipinski definition) is 1. The number of nitrogens with zero attached hydrogens (tertiary/aromatic N) is 3. The predicted molar refractivity (Wildman–Crippen MR) is 163 cm³/mol. The Balaban J connectivity index is 1.48. The van der Waals surface area contributed by atoms with Gasteiger partial charge < -0.3 is 19.9 Å². The number of halogens is 2. The molecule has 12 heteroatoms. The molecule has 0 radical (unpaired) electrons. The van der Waals surface area contributed by atoms with Crippen molar-refractivity contribution < 1.29 is 22.7 Å². The Hall–Kier alpha value is -3.31. The SMILES string of the molecule is CN1CCN(C(=O)Nc2cc(S(=O)(=O)N3CCCCC3)ccc2Oc2cc(Cl)cc(Cl)c2)C(Cc2ccccc2)C1=O. The number of amides is 3. The van der Waals surface area contributed by atoms with Crippen LogP contribution in [0.2, 0.25) is 10.0 Å². The lowest BCUT2D eigenvalue weighted by Crippen LogP contribution is -2.59. The molecule has 0 spiro atoms. The van der Waals surface area contributed by atoms with Crippen molar-refractivity contribution in [2.24, 2.45) is 0 Å². The van der Waals surface area contributed by atoms with Gasteiger partial charge in [-0.2, -0.15) is 4.31 Å². The van der Waals surface area contributed by atoms with Gasteiger partial charge in [-0.1, -0.05) is 60.0 Å². The quantitative estimate of drug-likeness (QED) is 0.352. The number of rotatable bonds is 7. The number of sulfonamides is 1. The topological polar surface area (TPSA) is 99.3 Å². The summed E-state index contributed by atoms with van der Waals surface area (Å²) < 4.78 is 34.5. The minimum Gasteiger partial charge on any atom is -0.455 e. The summed E-state index contributed by atoms with van der Waals surface area (Å²) in [6, 6.07) is 17.2. The van der Waals surface area contributed by atoms with Crippen molar-refractivity contribution in [2.75, 3.05) is 38.5 Å². The number of urea groups is 1. The number of nitrogens with one attached hydrogen (secondary N) is 1. The summed E-state index contributed by atoms with van der Waals surface area (Å²) >= 11 is 12.3. The monoisotopic (exact) mass is 630 g/mol. The van der Waals surface area contributed by atoms with E-state index < -0.39 is 22.1 Å². The maximum absolute atomic E-state index is 13.8. The number of hydrogen-bond acceptors (Lipinski definition) is 5. The molecule has 2 fully saturated rings. The smallest absolute Gasteiger partial charge is 0.322 e. The molecule has 2 aliphatic rings. The number of anilines is 1. The molecule has 1 unspecified atom stereocenters. The summed E-state index contributed by atoms with van der Waals surface area (Å²) in [5, 5.41) is 3.55. The number of carbonyl (C=O) groups is 2. The molecule has 2 heterocycles. The van der Waals surface area contributed by atoms with Crippen LogP contribution in [0.25, 0.3) is 0 Å². The average molecular weight is 632 g/mol. The molecular weight excluding hydrogens is 599 g/mol. The lowest BCUT2D eigenvalue weighted by Gasteiger charge is -2.39. The standard InChI is InChI=1S/C30H32Cl2N4O5S/c1-34-14-15-36(27(29(34)37)16-21-8-4-2-5-9-21)30(38)33-26-20-25(42(39,40)35-12-6-3-7-13-35)10-11-28(26)41-24-18-22(31)17-23(32)19-24/h2,4-5,8-11,17-20,27H,3,6-7,12-16H2,1H3,(H,33,38). The number of benzene rings is 3. The number of piperazine rings is 1. The first-order chi connectivity index (χ1) is 20.1. The van der Waals surface area contributed by atoms with Crippen LogP contribution in [0.4, 0.5) is 10.5 Å². The molecule has 9 nitrogen and oxygen atoms in total. The van der Waals surface area contributed by atoms with E-state index in [1.807, 2.05) is 30.3 Å². The predicted octanol–water partition coefficient (Wildman–Crippen LogP) is 5.88. The van der Waals surface area contributed by atoms with Crippen molar-refractivity contribution in [3.05, 3.63) is 82.3 Å². The molecule has 3 amide bonds. The minimum atomic E-state index is -3.81. The fraction of sp³-hybridized carbons (Fsp3) is 0.333. The van der Waals surface area contributed by atoms with E-state index in [1.165, 1.54) is 27.4 Å². The first-order valence-corrected chi connectivity index (χ1v) is 16.0. The second kappa shape index (κ2) is 12.9. The Morgan fingerprint density at radius 3 is 2.31 bits per heavy atom. The molecule has 1 N–H and O–H groups in total. The Labute approximate surface area is 256 Å². The molecular formula is C30H32Cl2N4O5S. The van der Waals surface area contributed by atoms with Gasteiger partial charge in [0.2, 0.25) is 15.9 Å². The molecule has 0 aromatic heterocycles. The first-order valence-electron chi connectivity index (χ1n) is 13.8. The molecule has 0 bridgehead atoms. The number of ether oxygens (including phenoxy) is 1. The maximum Gasteiger partial charge on any atom is 0.322 e. The normalized spacial score (nSPS) is 18.2. The largest absolute Gasteiger partial charge is 0.455 e. The average Bonchev–Trinajstić information content (AvgIpc) is 2.97. The molecule has 2 saturated heterocycles. The zero-order chi connectivity index (χ0) is 29.9. The number of carbonyl (C=O) groups excluding carboxylic acids is 2. The van der Waals surface area contributed by atoms with Crippen molar-refractivity contribution >= 4 is 50.9 Å². The highest BCUT2D eigenvalue weighted by Crippen LogP contribution is 2.36. The van der Waals surface area contributed by atoms with Crippen molar-refractivity contribution in [1.29, 1.82) is 0 Å². The third-order valence-corrected chi connectivity index (χ3v) is 9.79. The number of piperidine rings is 1. The highest BCUT2D eigenvalue weighted by molar-refractivity contribution is 7.89. The van der Waals surface area contributed by atoms with Gasteiger partial charge in [0.05, 0.1) is 10.6 Å². The van der Waals surface area contributed by atoms with E-state index in [2.05, 4.69) is 5.32 Å². The van der Waals surface area contributed by atoms with Crippen molar-refractivity contribution in [1.82, 2.24) is 14.1 Å². The lowest BCUT2D eigenvalue weighted by atomic mass is 10.0. The zero-order valence-electron chi connectivity index (χ0n) is 23.1. The zero-order valence-corrected chi connectivity index (χ0v) is 25.5. The van der Waals surface area contributed by atoms with Crippen LogP contribution >= 0.6 is 23.2 Å². The van der Waals surface area contributed by atoms with Gasteiger partial charge in [0.25, 0.3) is 0 Å². The van der Waals surface area contributed by atoms with Crippen LogP contribution in [-0.4, -0.2) is 73.7 Å². The Morgan fingerprint density at radius 2 is 1.62 bits per heavy atom. The molecule has 0 saturated carbocycles. The highest BCUT2D eigenvalue weighted by atomic mass is 35.5. The van der Waals surface area contributed by atoms with Gasteiger partial charge in [-0.15, -0.1) is 0 Å². The fourth-order valence-corrected chi connectivity index (χ4v) is 7.25. The van der Waals surface area contributed by atoms with Crippen molar-refractivity contribution in [2.45, 2.75) is 36.6 Å². The van der Waals surface area contributed by atoms with Gasteiger partial charge >= 0.3 is 6.03 Å². The van der Waals surface area contributed by atoms with Crippen LogP contribution in [-0.2, 0) is 21.2 Å². The fourth-order valence-electron chi connectivity index (χ4n) is 5.20. The third-order valence-electron chi connectivity index (χ3n) is 7.46. The van der Waals surface area contributed by atoms with Crippen LogP contribution in [0.5, 0.6) is 11.5 Å². The van der Waals surface area contributed by atoms with Crippen LogP contribution in [0, 0.1) is 0 Å². The Morgan fingerprint density at radius 1 is 0.929 bits per heavy atom. The van der Waals surface area contributed by atoms with Gasteiger partial charge in [-0.25, -0.2) is 13.2 Å². The number of likely N-dealkylation sites (N-methyl/N-ethyl adjacent to an activating group) is 1. The van der Waals surface area contributed by atoms with Gasteiger partial charge in [0.15, 0.2) is 5.75 Å². The summed E-state index contributed by atoms with van der Waals surface area (Å²) in [5.41, 5.74) is 1.06. The van der Waals surface area contributed by atoms with Gasteiger partial charge in [-0.3, -0.25) is 4.79 Å². The van der Waals surface area contributed by atoms with E-state index in [0.29, 0.717) is 48.4 Å². The van der Waals surface area contributed by atoms with E-state index in [9.17, 15) is 18.0 Å². The second-order valence-corrected chi connectivity index (χ2v) is 13.2. The van der Waals surface area contributed by atoms with Gasteiger partial charge in [0.1, 0.15) is 11.8 Å². The summed E-state index contributed by atoms with van der Waals surface area (Å²) in [5.74, 6) is 0.331. The second-order valence-electron chi connectivity index (χ2n) is 10.4. The van der Waals surface area contributed by atoms with E-state index >= 15 is 0 Å². The molecule has 222 valence electrons. The van der Waals surface area contributed by atoms with Crippen LogP contribution in [0.3, 0.4) is 0 Å². The maximum atomic E-state index is 13.8. The molecule has 0 aliphatic carbocycles. The Bertz CT molecular complexity index is 1540. The van der Waals surface area contributed by atoms with Crippen LogP contribution in [0.15, 0.2) is 71.6 Å². The molecule has 42 heavy (non-hydrogen) atoms. The summed E-state index contributed by atoms with van der Waals surface area (Å²) in [6.07, 6.45) is 2.90. The van der Waals surface area contributed by atoms with Crippen molar-refractivity contribution in [3.63, 3.8) is 0 Å². The summed E-state index contributed by atoms with van der Waals surface area (Å²) in [6.45, 7) is 1.55. The van der Waals surface area contributed by atoms with Gasteiger partial charge in [0, 0.05) is 49.7 Å². The van der Waals surface area contributed by atoms with E-state index in [1.54, 1.807) is 30.1 Å². The highest BCUT2D eigenvalue weighted by Gasteiger charge is 2.36. The van der Waals surface area contributed by atoms with Crippen LogP contribution < -0.4 is 10.1 Å². The molecule has 3 aromatic rings. The Kier molecular flexibility index (Phi) is 9.27. The van der Waals surface area contributed by atoms with Gasteiger partial charge in [-0.05, 0) is 54.8 Å². The first kappa shape index (κ1) is 30.2. The van der Waals surface area contributed by atoms with E-state index in [-0.39, 0.29) is 22.2 Å². The van der Waals surface area contributed by atoms with E-state index in [0.717, 1.165) is 24.8 Å². The summed E-state index contributed by atoms with van der Waals surface area (Å²) in [7, 11) is -2.09. The van der Waals surface area contributed by atoms with Crippen molar-refractivity contribution in [3.8, 4) is 11.5 Å². The minimum absolute atomic E-state index is 0.0338. The molecule has 1 atom stereocenters. The molecule has 5 rings (SSSR count). The van der Waals surface area contributed by atoms with Crippen LogP contribution in [0.1, 0.15) is 24.8 Å². The molecule has 3 aromatic carbocycles. The third kappa shape index (κ3) is 6.83.